The monoisotopic (exact) mass is 259 g/mol. The minimum absolute atomic E-state index is 0.172. The molecule has 1 aliphatic heterocycles. The first-order valence-corrected chi connectivity index (χ1v) is 5.94. The molecular formula is C12H21NO5. The maximum atomic E-state index is 11.8. The van der Waals surface area contributed by atoms with Gasteiger partial charge in [-0.05, 0) is 27.7 Å². The Balaban J connectivity index is 2.59. The molecule has 0 radical (unpaired) electrons. The fraction of sp³-hybridized carbons (Fsp3) is 0.833. The normalized spacial score (nSPS) is 28.9. The van der Waals surface area contributed by atoms with E-state index in [1.807, 2.05) is 0 Å². The summed E-state index contributed by atoms with van der Waals surface area (Å²) in [7, 11) is 1.50. The maximum absolute atomic E-state index is 11.8. The number of methoxy groups -OCH3 is 1. The number of rotatable bonds is 2. The van der Waals surface area contributed by atoms with Gasteiger partial charge in [0.25, 0.3) is 0 Å². The summed E-state index contributed by atoms with van der Waals surface area (Å²) in [4.78, 5) is 23.4. The summed E-state index contributed by atoms with van der Waals surface area (Å²) < 4.78 is 15.5. The number of carbonyl (C=O) groups excluding carboxylic acids is 2. The van der Waals surface area contributed by atoms with Gasteiger partial charge in [-0.3, -0.25) is 4.79 Å². The molecule has 104 valence electrons. The highest BCUT2D eigenvalue weighted by molar-refractivity contribution is 5.91. The zero-order valence-electron chi connectivity index (χ0n) is 11.5. The van der Waals surface area contributed by atoms with Gasteiger partial charge < -0.3 is 19.5 Å². The molecule has 1 fully saturated rings. The number of amides is 1. The van der Waals surface area contributed by atoms with E-state index in [2.05, 4.69) is 5.32 Å². The Hall–Kier alpha value is -1.14. The quantitative estimate of drug-likeness (QED) is 0.807. The first-order chi connectivity index (χ1) is 8.23. The Morgan fingerprint density at radius 3 is 2.56 bits per heavy atom. The van der Waals surface area contributed by atoms with Gasteiger partial charge in [0, 0.05) is 13.5 Å². The van der Waals surface area contributed by atoms with Crippen LogP contribution in [-0.4, -0.2) is 43.0 Å². The number of nitrogens with one attached hydrogen (secondary N) is 1. The SMILES string of the molecule is CO[C@H]1C[C@@H](NC(=O)OC(C)(C)C)C(=O)[C@H](C)O1. The first kappa shape index (κ1) is 14.9. The van der Waals surface area contributed by atoms with E-state index in [1.165, 1.54) is 7.11 Å². The Morgan fingerprint density at radius 1 is 1.44 bits per heavy atom. The van der Waals surface area contributed by atoms with Crippen molar-refractivity contribution in [2.75, 3.05) is 7.11 Å². The highest BCUT2D eigenvalue weighted by Crippen LogP contribution is 2.17. The summed E-state index contributed by atoms with van der Waals surface area (Å²) in [5.74, 6) is -0.172. The van der Waals surface area contributed by atoms with E-state index in [9.17, 15) is 9.59 Å². The van der Waals surface area contributed by atoms with Crippen LogP contribution in [0.5, 0.6) is 0 Å². The molecule has 1 saturated heterocycles. The number of hydrogen-bond acceptors (Lipinski definition) is 5. The molecule has 0 spiro atoms. The third kappa shape index (κ3) is 4.27. The van der Waals surface area contributed by atoms with Gasteiger partial charge in [-0.1, -0.05) is 0 Å². The third-order valence-corrected chi connectivity index (χ3v) is 2.48. The molecule has 0 aromatic heterocycles. The van der Waals surface area contributed by atoms with Gasteiger partial charge in [0.05, 0.1) is 6.04 Å². The van der Waals surface area contributed by atoms with Gasteiger partial charge in [-0.2, -0.15) is 0 Å². The lowest BCUT2D eigenvalue weighted by molar-refractivity contribution is -0.187. The second kappa shape index (κ2) is 5.67. The molecule has 0 aromatic rings. The zero-order valence-corrected chi connectivity index (χ0v) is 11.5. The molecule has 0 aromatic carbocycles. The van der Waals surface area contributed by atoms with Crippen molar-refractivity contribution < 1.29 is 23.8 Å². The van der Waals surface area contributed by atoms with E-state index in [1.54, 1.807) is 27.7 Å². The number of ketones is 1. The average Bonchev–Trinajstić information content (AvgIpc) is 2.21. The fourth-order valence-electron chi connectivity index (χ4n) is 1.67. The van der Waals surface area contributed by atoms with Gasteiger partial charge in [0.2, 0.25) is 0 Å². The van der Waals surface area contributed by atoms with Crippen LogP contribution < -0.4 is 5.32 Å². The number of hydrogen-bond donors (Lipinski definition) is 1. The van der Waals surface area contributed by atoms with Crippen molar-refractivity contribution in [3.05, 3.63) is 0 Å². The molecule has 1 aliphatic rings. The number of Topliss-reactive ketones (excluding diaryl/α,β-unsaturated/α-hetero) is 1. The van der Waals surface area contributed by atoms with E-state index < -0.39 is 30.1 Å². The largest absolute Gasteiger partial charge is 0.444 e. The minimum Gasteiger partial charge on any atom is -0.444 e. The zero-order chi connectivity index (χ0) is 13.9. The molecule has 0 bridgehead atoms. The van der Waals surface area contributed by atoms with E-state index in [-0.39, 0.29) is 5.78 Å². The highest BCUT2D eigenvalue weighted by Gasteiger charge is 2.36. The molecular weight excluding hydrogens is 238 g/mol. The molecule has 1 amide bonds. The number of alkyl carbamates (subject to hydrolysis) is 1. The Morgan fingerprint density at radius 2 is 2.06 bits per heavy atom. The van der Waals surface area contributed by atoms with Crippen LogP contribution in [0, 0.1) is 0 Å². The molecule has 1 rings (SSSR count). The molecule has 0 unspecified atom stereocenters. The molecule has 1 N–H and O–H groups in total. The summed E-state index contributed by atoms with van der Waals surface area (Å²) >= 11 is 0. The van der Waals surface area contributed by atoms with Crippen LogP contribution in [0.15, 0.2) is 0 Å². The van der Waals surface area contributed by atoms with Crippen molar-refractivity contribution in [3.63, 3.8) is 0 Å². The summed E-state index contributed by atoms with van der Waals surface area (Å²) in [6.45, 7) is 6.92. The van der Waals surface area contributed by atoms with Gasteiger partial charge >= 0.3 is 6.09 Å². The molecule has 6 heteroatoms. The van der Waals surface area contributed by atoms with Gasteiger partial charge in [-0.25, -0.2) is 4.79 Å². The molecule has 6 nitrogen and oxygen atoms in total. The van der Waals surface area contributed by atoms with Gasteiger partial charge in [0.1, 0.15) is 11.7 Å². The average molecular weight is 259 g/mol. The standard InChI is InChI=1S/C12H21NO5/c1-7-10(14)8(6-9(16-5)17-7)13-11(15)18-12(2,3)4/h7-9H,6H2,1-5H3,(H,13,15)/t7-,8+,9+/m0/s1. The number of carbonyl (C=O) groups is 2. The number of ether oxygens (including phenoxy) is 3. The van der Waals surface area contributed by atoms with Gasteiger partial charge in [-0.15, -0.1) is 0 Å². The van der Waals surface area contributed by atoms with Crippen LogP contribution in [0.1, 0.15) is 34.1 Å². The van der Waals surface area contributed by atoms with Crippen molar-refractivity contribution in [1.82, 2.24) is 5.32 Å². The molecule has 18 heavy (non-hydrogen) atoms. The van der Waals surface area contributed by atoms with E-state index in [4.69, 9.17) is 14.2 Å². The maximum Gasteiger partial charge on any atom is 0.408 e. The summed E-state index contributed by atoms with van der Waals surface area (Å²) in [5, 5.41) is 2.55. The lowest BCUT2D eigenvalue weighted by Crippen LogP contribution is -2.53. The first-order valence-electron chi connectivity index (χ1n) is 5.94. The van der Waals surface area contributed by atoms with Crippen LogP contribution in [0.4, 0.5) is 4.79 Å². The Kier molecular flexibility index (Phi) is 4.70. The smallest absolute Gasteiger partial charge is 0.408 e. The lowest BCUT2D eigenvalue weighted by atomic mass is 10.0. The fourth-order valence-corrected chi connectivity index (χ4v) is 1.67. The highest BCUT2D eigenvalue weighted by atomic mass is 16.7. The van der Waals surface area contributed by atoms with Crippen LogP contribution in [-0.2, 0) is 19.0 Å². The van der Waals surface area contributed by atoms with Crippen LogP contribution >= 0.6 is 0 Å². The van der Waals surface area contributed by atoms with Crippen LogP contribution in [0.3, 0.4) is 0 Å². The second-order valence-corrected chi connectivity index (χ2v) is 5.28. The van der Waals surface area contributed by atoms with Gasteiger partial charge in [0.15, 0.2) is 12.1 Å². The van der Waals surface area contributed by atoms with Crippen molar-refractivity contribution in [2.24, 2.45) is 0 Å². The lowest BCUT2D eigenvalue weighted by Gasteiger charge is -2.32. The van der Waals surface area contributed by atoms with Crippen molar-refractivity contribution in [2.45, 2.75) is 58.2 Å². The van der Waals surface area contributed by atoms with Crippen LogP contribution in [0.2, 0.25) is 0 Å². The Labute approximate surface area is 107 Å². The minimum atomic E-state index is -0.631. The molecule has 1 heterocycles. The molecule has 0 aliphatic carbocycles. The van der Waals surface area contributed by atoms with Crippen molar-refractivity contribution in [3.8, 4) is 0 Å². The second-order valence-electron chi connectivity index (χ2n) is 5.28. The van der Waals surface area contributed by atoms with Crippen molar-refractivity contribution in [1.29, 1.82) is 0 Å². The summed E-state index contributed by atoms with van der Waals surface area (Å²) in [6, 6.07) is -0.631. The predicted octanol–water partition coefficient (Wildman–Crippen LogP) is 1.23. The topological polar surface area (TPSA) is 73.9 Å². The Bertz CT molecular complexity index is 323. The molecule has 3 atom stereocenters. The molecule has 0 saturated carbocycles. The summed E-state index contributed by atoms with van der Waals surface area (Å²) in [5.41, 5.74) is -0.593. The van der Waals surface area contributed by atoms with Crippen molar-refractivity contribution >= 4 is 11.9 Å². The summed E-state index contributed by atoms with van der Waals surface area (Å²) in [6.07, 6.45) is -1.40. The van der Waals surface area contributed by atoms with E-state index in [0.717, 1.165) is 0 Å². The third-order valence-electron chi connectivity index (χ3n) is 2.48. The predicted molar refractivity (Wildman–Crippen MR) is 64.1 cm³/mol. The van der Waals surface area contributed by atoms with E-state index in [0.29, 0.717) is 6.42 Å². The van der Waals surface area contributed by atoms with Crippen LogP contribution in [0.25, 0.3) is 0 Å². The van der Waals surface area contributed by atoms with E-state index >= 15 is 0 Å².